The van der Waals surface area contributed by atoms with E-state index in [4.69, 9.17) is 21.3 Å². The molecule has 1 saturated carbocycles. The summed E-state index contributed by atoms with van der Waals surface area (Å²) < 4.78 is 39.3. The number of benzene rings is 1. The number of amides is 1. The largest absolute Gasteiger partial charge is 0.433 e. The molecule has 0 atom stereocenters. The van der Waals surface area contributed by atoms with E-state index in [0.717, 1.165) is 30.4 Å². The zero-order valence-electron chi connectivity index (χ0n) is 17.2. The lowest BCUT2D eigenvalue weighted by atomic mass is 9.98. The van der Waals surface area contributed by atoms with Gasteiger partial charge in [-0.1, -0.05) is 0 Å². The maximum absolute atomic E-state index is 13.2. The molecule has 1 saturated heterocycles. The van der Waals surface area contributed by atoms with E-state index in [-0.39, 0.29) is 24.5 Å². The third kappa shape index (κ3) is 5.84. The summed E-state index contributed by atoms with van der Waals surface area (Å²) in [5, 5.41) is 8.19. The molecule has 1 aliphatic carbocycles. The summed E-state index contributed by atoms with van der Waals surface area (Å²) in [5.41, 5.74) is 0.474. The number of aromatic nitrogens is 2. The zero-order chi connectivity index (χ0) is 21.8. The third-order valence-corrected chi connectivity index (χ3v) is 6.05. The molecule has 31 heavy (non-hydrogen) atoms. The van der Waals surface area contributed by atoms with Crippen LogP contribution in [-0.4, -0.2) is 59.6 Å². The molecule has 0 spiro atoms. The summed E-state index contributed by atoms with van der Waals surface area (Å²) in [6, 6.07) is 3.07. The second-order valence-corrected chi connectivity index (χ2v) is 8.62. The molecule has 2 fully saturated rings. The molecule has 7 nitrogen and oxygen atoms in total. The Labute approximate surface area is 184 Å². The fourth-order valence-corrected chi connectivity index (χ4v) is 4.00. The standard InChI is InChI=1S/C21H27ClF2N4O3/c22-28(9-10-30-13-15-1-2-15)20(29)16-3-4-18-17(19(16)31-21(23)24)12-27(26-18)11-14-5-7-25-8-6-14/h3-4,12,14-15,21,25H,1-2,5-11,13H2. The highest BCUT2D eigenvalue weighted by Crippen LogP contribution is 2.33. The van der Waals surface area contributed by atoms with Crippen LogP contribution in [0.5, 0.6) is 5.75 Å². The van der Waals surface area contributed by atoms with Crippen LogP contribution >= 0.6 is 11.8 Å². The van der Waals surface area contributed by atoms with Gasteiger partial charge in [0.15, 0.2) is 0 Å². The number of rotatable bonds is 10. The summed E-state index contributed by atoms with van der Waals surface area (Å²) in [6.07, 6.45) is 6.07. The Kier molecular flexibility index (Phi) is 7.24. The Morgan fingerprint density at radius 3 is 2.74 bits per heavy atom. The van der Waals surface area contributed by atoms with Gasteiger partial charge in [-0.15, -0.1) is 0 Å². The number of fused-ring (bicyclic) bond motifs is 1. The predicted octanol–water partition coefficient (Wildman–Crippen LogP) is 3.66. The topological polar surface area (TPSA) is 68.6 Å². The molecule has 1 aromatic heterocycles. The minimum atomic E-state index is -3.07. The van der Waals surface area contributed by atoms with E-state index < -0.39 is 12.5 Å². The fourth-order valence-electron chi connectivity index (χ4n) is 3.84. The first-order chi connectivity index (χ1) is 15.0. The maximum atomic E-state index is 13.2. The molecule has 0 bridgehead atoms. The first-order valence-corrected chi connectivity index (χ1v) is 11.1. The van der Waals surface area contributed by atoms with E-state index in [2.05, 4.69) is 10.4 Å². The molecule has 0 radical (unpaired) electrons. The highest BCUT2D eigenvalue weighted by Gasteiger charge is 2.25. The van der Waals surface area contributed by atoms with Crippen molar-refractivity contribution < 1.29 is 23.0 Å². The smallest absolute Gasteiger partial charge is 0.387 e. The van der Waals surface area contributed by atoms with E-state index in [0.29, 0.717) is 35.9 Å². The number of hydrogen-bond donors (Lipinski definition) is 1. The van der Waals surface area contributed by atoms with Crippen LogP contribution in [0.4, 0.5) is 8.78 Å². The van der Waals surface area contributed by atoms with Gasteiger partial charge in [0, 0.05) is 31.1 Å². The molecule has 1 N–H and O–H groups in total. The molecule has 1 amide bonds. The van der Waals surface area contributed by atoms with E-state index in [1.807, 2.05) is 0 Å². The summed E-state index contributed by atoms with van der Waals surface area (Å²) in [5.74, 6) is 0.262. The lowest BCUT2D eigenvalue weighted by molar-refractivity contribution is -0.0491. The van der Waals surface area contributed by atoms with Crippen molar-refractivity contribution in [1.29, 1.82) is 0 Å². The number of nitrogens with one attached hydrogen (secondary N) is 1. The van der Waals surface area contributed by atoms with Crippen LogP contribution in [0.15, 0.2) is 18.3 Å². The first kappa shape index (κ1) is 22.2. The molecule has 2 aliphatic rings. The summed E-state index contributed by atoms with van der Waals surface area (Å²) in [4.78, 5) is 12.8. The molecular formula is C21H27ClF2N4O3. The average molecular weight is 457 g/mol. The number of halogens is 3. The van der Waals surface area contributed by atoms with Gasteiger partial charge in [0.25, 0.3) is 5.91 Å². The quantitative estimate of drug-likeness (QED) is 0.436. The summed E-state index contributed by atoms with van der Waals surface area (Å²) in [7, 11) is 0. The molecule has 2 heterocycles. The van der Waals surface area contributed by atoms with E-state index in [1.54, 1.807) is 16.9 Å². The van der Waals surface area contributed by atoms with Crippen molar-refractivity contribution >= 4 is 28.6 Å². The molecular weight excluding hydrogens is 430 g/mol. The van der Waals surface area contributed by atoms with Crippen molar-refractivity contribution in [2.45, 2.75) is 38.8 Å². The number of carbonyl (C=O) groups is 1. The lowest BCUT2D eigenvalue weighted by Gasteiger charge is -2.22. The Morgan fingerprint density at radius 2 is 2.03 bits per heavy atom. The Balaban J connectivity index is 1.51. The van der Waals surface area contributed by atoms with Gasteiger partial charge in [-0.2, -0.15) is 13.9 Å². The molecule has 170 valence electrons. The number of nitrogens with zero attached hydrogens (tertiary/aromatic N) is 3. The lowest BCUT2D eigenvalue weighted by Crippen LogP contribution is -2.29. The molecule has 2 aromatic rings. The van der Waals surface area contributed by atoms with E-state index in [1.165, 1.54) is 18.9 Å². The van der Waals surface area contributed by atoms with E-state index in [9.17, 15) is 13.6 Å². The summed E-state index contributed by atoms with van der Waals surface area (Å²) in [6.45, 7) is 0.617. The zero-order valence-corrected chi connectivity index (χ0v) is 18.0. The van der Waals surface area contributed by atoms with Gasteiger partial charge in [-0.3, -0.25) is 9.48 Å². The highest BCUT2D eigenvalue weighted by molar-refractivity contribution is 6.25. The van der Waals surface area contributed by atoms with Crippen LogP contribution in [0, 0.1) is 11.8 Å². The van der Waals surface area contributed by atoms with E-state index >= 15 is 0 Å². The minimum Gasteiger partial charge on any atom is -0.433 e. The van der Waals surface area contributed by atoms with Crippen molar-refractivity contribution in [3.05, 3.63) is 23.9 Å². The Hall–Kier alpha value is -1.97. The van der Waals surface area contributed by atoms with Crippen LogP contribution in [-0.2, 0) is 11.3 Å². The fraction of sp³-hybridized carbons (Fsp3) is 0.619. The van der Waals surface area contributed by atoms with Crippen molar-refractivity contribution in [1.82, 2.24) is 19.5 Å². The van der Waals surface area contributed by atoms with Crippen molar-refractivity contribution in [3.8, 4) is 5.75 Å². The van der Waals surface area contributed by atoms with Crippen molar-refractivity contribution in [2.75, 3.05) is 32.8 Å². The van der Waals surface area contributed by atoms with Crippen molar-refractivity contribution in [2.24, 2.45) is 11.8 Å². The number of carbonyl (C=O) groups excluding carboxylic acids is 1. The monoisotopic (exact) mass is 456 g/mol. The highest BCUT2D eigenvalue weighted by atomic mass is 35.5. The Bertz CT molecular complexity index is 900. The average Bonchev–Trinajstić information content (AvgIpc) is 3.49. The first-order valence-electron chi connectivity index (χ1n) is 10.7. The van der Waals surface area contributed by atoms with Crippen LogP contribution in [0.25, 0.3) is 10.9 Å². The van der Waals surface area contributed by atoms with Gasteiger partial charge in [-0.05, 0) is 62.7 Å². The van der Waals surface area contributed by atoms with Gasteiger partial charge in [0.05, 0.1) is 29.6 Å². The van der Waals surface area contributed by atoms with Crippen LogP contribution in [0.3, 0.4) is 0 Å². The Morgan fingerprint density at radius 1 is 1.26 bits per heavy atom. The van der Waals surface area contributed by atoms with Crippen LogP contribution in [0.2, 0.25) is 0 Å². The third-order valence-electron chi connectivity index (χ3n) is 5.73. The van der Waals surface area contributed by atoms with Crippen LogP contribution in [0.1, 0.15) is 36.0 Å². The normalized spacial score (nSPS) is 17.4. The molecule has 10 heteroatoms. The van der Waals surface area contributed by atoms with Gasteiger partial charge in [0.1, 0.15) is 5.75 Å². The molecule has 0 unspecified atom stereocenters. The van der Waals surface area contributed by atoms with Gasteiger partial charge in [0.2, 0.25) is 0 Å². The molecule has 4 rings (SSSR count). The SMILES string of the molecule is O=C(c1ccc2nn(CC3CCNCC3)cc2c1OC(F)F)N(Cl)CCOCC1CC1. The number of alkyl halides is 2. The second-order valence-electron chi connectivity index (χ2n) is 8.21. The summed E-state index contributed by atoms with van der Waals surface area (Å²) >= 11 is 6.12. The van der Waals surface area contributed by atoms with Gasteiger partial charge >= 0.3 is 6.61 Å². The molecule has 1 aromatic carbocycles. The van der Waals surface area contributed by atoms with Gasteiger partial charge < -0.3 is 14.8 Å². The van der Waals surface area contributed by atoms with Crippen LogP contribution < -0.4 is 10.1 Å². The predicted molar refractivity (Wildman–Crippen MR) is 112 cm³/mol. The number of hydrogen-bond acceptors (Lipinski definition) is 5. The maximum Gasteiger partial charge on any atom is 0.387 e. The molecule has 1 aliphatic heterocycles. The number of piperidine rings is 1. The van der Waals surface area contributed by atoms with Gasteiger partial charge in [-0.25, -0.2) is 4.42 Å². The second kappa shape index (κ2) is 10.1. The number of ether oxygens (including phenoxy) is 2. The minimum absolute atomic E-state index is 0.0218. The van der Waals surface area contributed by atoms with Crippen molar-refractivity contribution in [3.63, 3.8) is 0 Å².